The molecule has 1 aliphatic rings. The molecule has 0 aliphatic heterocycles. The van der Waals surface area contributed by atoms with Gasteiger partial charge in [-0.1, -0.05) is 12.8 Å². The first-order valence-electron chi connectivity index (χ1n) is 5.94. The lowest BCUT2D eigenvalue weighted by Gasteiger charge is -2.13. The van der Waals surface area contributed by atoms with E-state index in [2.05, 4.69) is 5.32 Å². The number of carbonyl (C=O) groups excluding carboxylic acids is 1. The van der Waals surface area contributed by atoms with Gasteiger partial charge in [-0.15, -0.1) is 0 Å². The maximum Gasteiger partial charge on any atom is 0.251 e. The van der Waals surface area contributed by atoms with Gasteiger partial charge in [0.1, 0.15) is 5.82 Å². The summed E-state index contributed by atoms with van der Waals surface area (Å²) in [7, 11) is 0. The number of rotatable bonds is 2. The zero-order chi connectivity index (χ0) is 12.4. The fraction of sp³-hybridized carbons (Fsp3) is 0.462. The summed E-state index contributed by atoms with van der Waals surface area (Å²) in [5.41, 5.74) is 6.59. The van der Waals surface area contributed by atoms with Crippen LogP contribution in [0.2, 0.25) is 0 Å². The van der Waals surface area contributed by atoms with Gasteiger partial charge in [0, 0.05) is 11.6 Å². The zero-order valence-corrected chi connectivity index (χ0v) is 9.92. The molecule has 3 N–H and O–H groups in total. The van der Waals surface area contributed by atoms with Crippen LogP contribution in [0.3, 0.4) is 0 Å². The highest BCUT2D eigenvalue weighted by molar-refractivity contribution is 5.96. The summed E-state index contributed by atoms with van der Waals surface area (Å²) in [6.45, 7) is 1.71. The average molecular weight is 236 g/mol. The van der Waals surface area contributed by atoms with Crippen LogP contribution >= 0.6 is 0 Å². The van der Waals surface area contributed by atoms with Crippen LogP contribution in [0.5, 0.6) is 0 Å². The third-order valence-corrected chi connectivity index (χ3v) is 3.28. The molecule has 1 aromatic carbocycles. The van der Waals surface area contributed by atoms with E-state index >= 15 is 0 Å². The van der Waals surface area contributed by atoms with Gasteiger partial charge in [0.25, 0.3) is 5.91 Å². The number of aryl methyl sites for hydroxylation is 1. The number of amides is 1. The number of halogens is 1. The molecule has 0 unspecified atom stereocenters. The molecule has 0 bridgehead atoms. The lowest BCUT2D eigenvalue weighted by atomic mass is 10.1. The van der Waals surface area contributed by atoms with Gasteiger partial charge in [-0.2, -0.15) is 0 Å². The number of carbonyl (C=O) groups is 1. The van der Waals surface area contributed by atoms with E-state index in [1.54, 1.807) is 6.92 Å². The second-order valence-corrected chi connectivity index (χ2v) is 4.64. The predicted molar refractivity (Wildman–Crippen MR) is 65.3 cm³/mol. The zero-order valence-electron chi connectivity index (χ0n) is 9.92. The summed E-state index contributed by atoms with van der Waals surface area (Å²) in [4.78, 5) is 12.0. The molecular weight excluding hydrogens is 219 g/mol. The highest BCUT2D eigenvalue weighted by atomic mass is 19.1. The number of hydrogen-bond donors (Lipinski definition) is 2. The van der Waals surface area contributed by atoms with E-state index in [4.69, 9.17) is 5.73 Å². The van der Waals surface area contributed by atoms with Crippen molar-refractivity contribution in [3.8, 4) is 0 Å². The third-order valence-electron chi connectivity index (χ3n) is 3.28. The van der Waals surface area contributed by atoms with Gasteiger partial charge in [-0.25, -0.2) is 4.39 Å². The maximum absolute atomic E-state index is 13.2. The fourth-order valence-corrected chi connectivity index (χ4v) is 2.27. The molecule has 1 saturated carbocycles. The summed E-state index contributed by atoms with van der Waals surface area (Å²) in [6, 6.07) is 2.97. The van der Waals surface area contributed by atoms with Gasteiger partial charge in [0.15, 0.2) is 0 Å². The lowest BCUT2D eigenvalue weighted by Crippen LogP contribution is -2.33. The monoisotopic (exact) mass is 236 g/mol. The van der Waals surface area contributed by atoms with Crippen molar-refractivity contribution in [2.45, 2.75) is 38.6 Å². The highest BCUT2D eigenvalue weighted by Crippen LogP contribution is 2.20. The minimum Gasteiger partial charge on any atom is -0.396 e. The molecular formula is C13H17FN2O. The molecule has 0 atom stereocenters. The number of anilines is 1. The van der Waals surface area contributed by atoms with Crippen LogP contribution in [0.4, 0.5) is 10.1 Å². The van der Waals surface area contributed by atoms with Crippen LogP contribution in [0.25, 0.3) is 0 Å². The quantitative estimate of drug-likeness (QED) is 0.775. The molecule has 92 valence electrons. The predicted octanol–water partition coefficient (Wildman–Crippen LogP) is 2.39. The Morgan fingerprint density at radius 1 is 1.41 bits per heavy atom. The van der Waals surface area contributed by atoms with Gasteiger partial charge in [0.2, 0.25) is 0 Å². The second-order valence-electron chi connectivity index (χ2n) is 4.64. The number of benzene rings is 1. The van der Waals surface area contributed by atoms with E-state index in [1.807, 2.05) is 0 Å². The number of nitrogen functional groups attached to an aromatic ring is 1. The van der Waals surface area contributed by atoms with Crippen molar-refractivity contribution in [1.29, 1.82) is 0 Å². The van der Waals surface area contributed by atoms with Gasteiger partial charge in [-0.3, -0.25) is 4.79 Å². The Morgan fingerprint density at radius 2 is 2.06 bits per heavy atom. The topological polar surface area (TPSA) is 55.1 Å². The molecule has 0 radical (unpaired) electrons. The van der Waals surface area contributed by atoms with Crippen molar-refractivity contribution in [2.75, 3.05) is 5.73 Å². The minimum absolute atomic E-state index is 0.0205. The Balaban J connectivity index is 2.15. The summed E-state index contributed by atoms with van der Waals surface area (Å²) < 4.78 is 13.2. The molecule has 1 amide bonds. The van der Waals surface area contributed by atoms with Gasteiger partial charge in [0.05, 0.1) is 5.69 Å². The Labute approximate surface area is 100 Å². The molecule has 1 aromatic rings. The summed E-state index contributed by atoms with van der Waals surface area (Å²) in [5, 5.41) is 2.97. The molecule has 2 rings (SSSR count). The SMILES string of the molecule is Cc1cc(F)c(N)cc1C(=O)NC1CCCC1. The largest absolute Gasteiger partial charge is 0.396 e. The highest BCUT2D eigenvalue weighted by Gasteiger charge is 2.19. The Kier molecular flexibility index (Phi) is 3.31. The van der Waals surface area contributed by atoms with Crippen LogP contribution in [0.1, 0.15) is 41.6 Å². The average Bonchev–Trinajstić information content (AvgIpc) is 2.76. The third kappa shape index (κ3) is 2.57. The Bertz CT molecular complexity index is 439. The normalized spacial score (nSPS) is 16.1. The molecule has 1 aliphatic carbocycles. The van der Waals surface area contributed by atoms with Gasteiger partial charge < -0.3 is 11.1 Å². The van der Waals surface area contributed by atoms with Crippen molar-refractivity contribution in [3.05, 3.63) is 29.1 Å². The van der Waals surface area contributed by atoms with Crippen molar-refractivity contribution in [2.24, 2.45) is 0 Å². The molecule has 1 fully saturated rings. The van der Waals surface area contributed by atoms with E-state index < -0.39 is 5.82 Å². The fourth-order valence-electron chi connectivity index (χ4n) is 2.27. The Morgan fingerprint density at radius 3 is 2.71 bits per heavy atom. The first kappa shape index (κ1) is 11.9. The van der Waals surface area contributed by atoms with E-state index in [-0.39, 0.29) is 17.6 Å². The van der Waals surface area contributed by atoms with Crippen molar-refractivity contribution >= 4 is 11.6 Å². The van der Waals surface area contributed by atoms with Gasteiger partial charge >= 0.3 is 0 Å². The van der Waals surface area contributed by atoms with Crippen LogP contribution in [-0.2, 0) is 0 Å². The molecule has 0 aromatic heterocycles. The molecule has 17 heavy (non-hydrogen) atoms. The van der Waals surface area contributed by atoms with Crippen LogP contribution in [0.15, 0.2) is 12.1 Å². The van der Waals surface area contributed by atoms with Gasteiger partial charge in [-0.05, 0) is 37.5 Å². The van der Waals surface area contributed by atoms with E-state index in [1.165, 1.54) is 12.1 Å². The van der Waals surface area contributed by atoms with Crippen molar-refractivity contribution in [1.82, 2.24) is 5.32 Å². The van der Waals surface area contributed by atoms with E-state index in [9.17, 15) is 9.18 Å². The summed E-state index contributed by atoms with van der Waals surface area (Å²) >= 11 is 0. The molecule has 4 heteroatoms. The smallest absolute Gasteiger partial charge is 0.251 e. The maximum atomic E-state index is 13.2. The molecule has 0 saturated heterocycles. The van der Waals surface area contributed by atoms with Crippen LogP contribution in [0, 0.1) is 12.7 Å². The first-order valence-corrected chi connectivity index (χ1v) is 5.94. The van der Waals surface area contributed by atoms with E-state index in [0.717, 1.165) is 25.7 Å². The molecule has 0 spiro atoms. The van der Waals surface area contributed by atoms with Crippen molar-refractivity contribution < 1.29 is 9.18 Å². The standard InChI is InChI=1S/C13H17FN2O/c1-8-6-11(14)12(15)7-10(8)13(17)16-9-4-2-3-5-9/h6-7,9H,2-5,15H2,1H3,(H,16,17). The summed E-state index contributed by atoms with van der Waals surface area (Å²) in [6.07, 6.45) is 4.38. The molecule has 0 heterocycles. The summed E-state index contributed by atoms with van der Waals surface area (Å²) in [5.74, 6) is -0.624. The number of hydrogen-bond acceptors (Lipinski definition) is 2. The number of nitrogens with two attached hydrogens (primary N) is 1. The number of nitrogens with one attached hydrogen (secondary N) is 1. The van der Waals surface area contributed by atoms with Crippen LogP contribution < -0.4 is 11.1 Å². The second kappa shape index (κ2) is 4.73. The Hall–Kier alpha value is -1.58. The lowest BCUT2D eigenvalue weighted by molar-refractivity contribution is 0.0937. The first-order chi connectivity index (χ1) is 8.08. The van der Waals surface area contributed by atoms with Crippen molar-refractivity contribution in [3.63, 3.8) is 0 Å². The molecule has 3 nitrogen and oxygen atoms in total. The van der Waals surface area contributed by atoms with E-state index in [0.29, 0.717) is 11.1 Å². The van der Waals surface area contributed by atoms with Crippen LogP contribution in [-0.4, -0.2) is 11.9 Å². The minimum atomic E-state index is -0.472.